The second-order valence-corrected chi connectivity index (χ2v) is 4.81. The summed E-state index contributed by atoms with van der Waals surface area (Å²) in [5.74, 6) is 1.93. The molecule has 0 spiro atoms. The molecule has 1 saturated heterocycles. The molecule has 0 unspecified atom stereocenters. The zero-order valence-corrected chi connectivity index (χ0v) is 12.8. The molecule has 1 aromatic rings. The summed E-state index contributed by atoms with van der Waals surface area (Å²) in [6.45, 7) is 10.5. The SMILES string of the molecule is CCNC(=NCc1noc(C)n1)NCCN1CCOCC1. The molecule has 1 aromatic heterocycles. The number of nitrogens with one attached hydrogen (secondary N) is 2. The molecule has 8 nitrogen and oxygen atoms in total. The van der Waals surface area contributed by atoms with E-state index in [2.05, 4.69) is 30.7 Å². The first-order valence-corrected chi connectivity index (χ1v) is 7.39. The van der Waals surface area contributed by atoms with Crippen LogP contribution in [0.4, 0.5) is 0 Å². The van der Waals surface area contributed by atoms with Crippen LogP contribution in [0, 0.1) is 6.92 Å². The minimum Gasteiger partial charge on any atom is -0.379 e. The van der Waals surface area contributed by atoms with Crippen LogP contribution in [0.25, 0.3) is 0 Å². The molecule has 0 aromatic carbocycles. The lowest BCUT2D eigenvalue weighted by molar-refractivity contribution is 0.0389. The highest BCUT2D eigenvalue weighted by Crippen LogP contribution is 1.97. The maximum Gasteiger partial charge on any atom is 0.223 e. The van der Waals surface area contributed by atoms with Gasteiger partial charge in [-0.1, -0.05) is 5.16 Å². The van der Waals surface area contributed by atoms with Gasteiger partial charge in [-0.3, -0.25) is 4.90 Å². The van der Waals surface area contributed by atoms with Crippen molar-refractivity contribution in [1.29, 1.82) is 0 Å². The Labute approximate surface area is 124 Å². The Bertz CT molecular complexity index is 442. The molecule has 2 N–H and O–H groups in total. The van der Waals surface area contributed by atoms with Crippen molar-refractivity contribution in [3.05, 3.63) is 11.7 Å². The zero-order chi connectivity index (χ0) is 14.9. The van der Waals surface area contributed by atoms with Crippen molar-refractivity contribution < 1.29 is 9.26 Å². The van der Waals surface area contributed by atoms with Gasteiger partial charge in [0, 0.05) is 39.6 Å². The number of aromatic nitrogens is 2. The largest absolute Gasteiger partial charge is 0.379 e. The highest BCUT2D eigenvalue weighted by molar-refractivity contribution is 5.79. The number of aryl methyl sites for hydroxylation is 1. The Morgan fingerprint density at radius 1 is 1.33 bits per heavy atom. The van der Waals surface area contributed by atoms with E-state index in [0.717, 1.165) is 51.9 Å². The molecule has 0 atom stereocenters. The highest BCUT2D eigenvalue weighted by atomic mass is 16.5. The molecule has 2 heterocycles. The van der Waals surface area contributed by atoms with Crippen molar-refractivity contribution in [2.24, 2.45) is 4.99 Å². The molecule has 118 valence electrons. The van der Waals surface area contributed by atoms with Crippen LogP contribution in [-0.2, 0) is 11.3 Å². The van der Waals surface area contributed by atoms with Gasteiger partial charge >= 0.3 is 0 Å². The normalized spacial score (nSPS) is 17.0. The molecule has 0 saturated carbocycles. The van der Waals surface area contributed by atoms with Gasteiger partial charge in [0.1, 0.15) is 6.54 Å². The molecule has 0 radical (unpaired) electrons. The second kappa shape index (κ2) is 8.58. The Balaban J connectivity index is 1.74. The number of aliphatic imine (C=N–C) groups is 1. The monoisotopic (exact) mass is 296 g/mol. The summed E-state index contributed by atoms with van der Waals surface area (Å²) in [7, 11) is 0. The van der Waals surface area contributed by atoms with Crippen LogP contribution in [0.2, 0.25) is 0 Å². The van der Waals surface area contributed by atoms with E-state index in [0.29, 0.717) is 18.3 Å². The topological polar surface area (TPSA) is 87.8 Å². The zero-order valence-electron chi connectivity index (χ0n) is 12.8. The van der Waals surface area contributed by atoms with Crippen LogP contribution in [0.3, 0.4) is 0 Å². The summed E-state index contributed by atoms with van der Waals surface area (Å²) in [5.41, 5.74) is 0. The van der Waals surface area contributed by atoms with E-state index in [1.54, 1.807) is 6.92 Å². The van der Waals surface area contributed by atoms with Gasteiger partial charge in [-0.05, 0) is 6.92 Å². The van der Waals surface area contributed by atoms with Gasteiger partial charge < -0.3 is 19.9 Å². The third kappa shape index (κ3) is 5.68. The van der Waals surface area contributed by atoms with Crippen molar-refractivity contribution in [1.82, 2.24) is 25.7 Å². The third-order valence-corrected chi connectivity index (χ3v) is 3.12. The minimum atomic E-state index is 0.407. The number of rotatable bonds is 6. The summed E-state index contributed by atoms with van der Waals surface area (Å²) in [5, 5.41) is 10.4. The molecule has 8 heteroatoms. The van der Waals surface area contributed by atoms with E-state index in [1.807, 2.05) is 6.92 Å². The average molecular weight is 296 g/mol. The molecule has 1 fully saturated rings. The van der Waals surface area contributed by atoms with Crippen LogP contribution >= 0.6 is 0 Å². The van der Waals surface area contributed by atoms with Gasteiger partial charge in [0.05, 0.1) is 13.2 Å². The number of morpholine rings is 1. The Morgan fingerprint density at radius 3 is 2.81 bits per heavy atom. The molecule has 2 rings (SSSR count). The standard InChI is InChI=1S/C13H24N6O2/c1-3-14-13(16-10-12-17-11(2)21-18-12)15-4-5-19-6-8-20-9-7-19/h3-10H2,1-2H3,(H2,14,15,16). The van der Waals surface area contributed by atoms with E-state index < -0.39 is 0 Å². The summed E-state index contributed by atoms with van der Waals surface area (Å²) in [6.07, 6.45) is 0. The van der Waals surface area contributed by atoms with E-state index in [-0.39, 0.29) is 0 Å². The highest BCUT2D eigenvalue weighted by Gasteiger charge is 2.09. The summed E-state index contributed by atoms with van der Waals surface area (Å²) < 4.78 is 10.3. The van der Waals surface area contributed by atoms with Crippen molar-refractivity contribution in [2.75, 3.05) is 45.9 Å². The number of nitrogens with zero attached hydrogens (tertiary/aromatic N) is 4. The van der Waals surface area contributed by atoms with Crippen molar-refractivity contribution in [2.45, 2.75) is 20.4 Å². The van der Waals surface area contributed by atoms with Gasteiger partial charge in [0.15, 0.2) is 11.8 Å². The van der Waals surface area contributed by atoms with Gasteiger partial charge in [0.2, 0.25) is 5.89 Å². The van der Waals surface area contributed by atoms with Crippen LogP contribution in [0.1, 0.15) is 18.6 Å². The molecule has 0 bridgehead atoms. The average Bonchev–Trinajstić information content (AvgIpc) is 2.91. The number of hydrogen-bond acceptors (Lipinski definition) is 6. The summed E-state index contributed by atoms with van der Waals surface area (Å²) >= 11 is 0. The Hall–Kier alpha value is -1.67. The first kappa shape index (κ1) is 15.7. The van der Waals surface area contributed by atoms with Crippen LogP contribution in [0.5, 0.6) is 0 Å². The summed E-state index contributed by atoms with van der Waals surface area (Å²) in [4.78, 5) is 11.0. The van der Waals surface area contributed by atoms with Gasteiger partial charge in [-0.15, -0.1) is 0 Å². The van der Waals surface area contributed by atoms with E-state index >= 15 is 0 Å². The fourth-order valence-electron chi connectivity index (χ4n) is 2.05. The van der Waals surface area contributed by atoms with Crippen LogP contribution in [-0.4, -0.2) is 66.9 Å². The molecule has 21 heavy (non-hydrogen) atoms. The molecular weight excluding hydrogens is 272 g/mol. The van der Waals surface area contributed by atoms with Crippen molar-refractivity contribution in [3.8, 4) is 0 Å². The molecule has 1 aliphatic heterocycles. The number of hydrogen-bond donors (Lipinski definition) is 2. The smallest absolute Gasteiger partial charge is 0.223 e. The second-order valence-electron chi connectivity index (χ2n) is 4.81. The lowest BCUT2D eigenvalue weighted by atomic mass is 10.4. The molecular formula is C13H24N6O2. The predicted molar refractivity (Wildman–Crippen MR) is 79.1 cm³/mol. The molecule has 0 amide bonds. The van der Waals surface area contributed by atoms with Crippen LogP contribution < -0.4 is 10.6 Å². The number of ether oxygens (including phenoxy) is 1. The van der Waals surface area contributed by atoms with E-state index in [4.69, 9.17) is 9.26 Å². The van der Waals surface area contributed by atoms with E-state index in [9.17, 15) is 0 Å². The fraction of sp³-hybridized carbons (Fsp3) is 0.769. The van der Waals surface area contributed by atoms with Crippen molar-refractivity contribution >= 4 is 5.96 Å². The fourth-order valence-corrected chi connectivity index (χ4v) is 2.05. The van der Waals surface area contributed by atoms with E-state index in [1.165, 1.54) is 0 Å². The maximum absolute atomic E-state index is 5.33. The quantitative estimate of drug-likeness (QED) is 0.553. The lowest BCUT2D eigenvalue weighted by Gasteiger charge is -2.26. The summed E-state index contributed by atoms with van der Waals surface area (Å²) in [6, 6.07) is 0. The van der Waals surface area contributed by atoms with Gasteiger partial charge in [0.25, 0.3) is 0 Å². The minimum absolute atomic E-state index is 0.407. The molecule has 1 aliphatic rings. The van der Waals surface area contributed by atoms with Gasteiger partial charge in [-0.25, -0.2) is 4.99 Å². The molecule has 0 aliphatic carbocycles. The number of guanidine groups is 1. The van der Waals surface area contributed by atoms with Gasteiger partial charge in [-0.2, -0.15) is 4.98 Å². The Morgan fingerprint density at radius 2 is 2.14 bits per heavy atom. The third-order valence-electron chi connectivity index (χ3n) is 3.12. The first-order chi connectivity index (χ1) is 10.3. The van der Waals surface area contributed by atoms with Crippen LogP contribution in [0.15, 0.2) is 9.52 Å². The predicted octanol–water partition coefficient (Wildman–Crippen LogP) is -0.235. The maximum atomic E-state index is 5.33. The Kier molecular flexibility index (Phi) is 6.42. The first-order valence-electron chi connectivity index (χ1n) is 7.39. The lowest BCUT2D eigenvalue weighted by Crippen LogP contribution is -2.44. The van der Waals surface area contributed by atoms with Crippen molar-refractivity contribution in [3.63, 3.8) is 0 Å².